The van der Waals surface area contributed by atoms with Crippen molar-refractivity contribution >= 4 is 0 Å². The lowest BCUT2D eigenvalue weighted by molar-refractivity contribution is 0.115. The van der Waals surface area contributed by atoms with E-state index in [-0.39, 0.29) is 0 Å². The minimum atomic E-state index is 0.518. The second-order valence-electron chi connectivity index (χ2n) is 5.53. The lowest BCUT2D eigenvalue weighted by atomic mass is 9.99. The highest BCUT2D eigenvalue weighted by molar-refractivity contribution is 5.03. The first-order valence-corrected chi connectivity index (χ1v) is 7.33. The van der Waals surface area contributed by atoms with Gasteiger partial charge in [-0.2, -0.15) is 0 Å². The minimum Gasteiger partial charge on any atom is -0.476 e. The van der Waals surface area contributed by atoms with Crippen LogP contribution in [0.4, 0.5) is 0 Å². The average Bonchev–Trinajstić information content (AvgIpc) is 2.92. The van der Waals surface area contributed by atoms with Crippen LogP contribution in [0.15, 0.2) is 29.2 Å². The number of piperidine rings is 1. The summed E-state index contributed by atoms with van der Waals surface area (Å²) in [6.45, 7) is 5.56. The number of aryl methyl sites for hydroxylation is 1. The van der Waals surface area contributed by atoms with Gasteiger partial charge in [0.2, 0.25) is 5.88 Å². The molecule has 2 aromatic rings. The van der Waals surface area contributed by atoms with E-state index in [9.17, 15) is 0 Å². The number of hydrogen-bond acceptors (Lipinski definition) is 6. The largest absolute Gasteiger partial charge is 0.476 e. The van der Waals surface area contributed by atoms with Crippen molar-refractivity contribution in [1.82, 2.24) is 20.0 Å². The standard InChI is InChI=1S/C15H20N4O2/c1-12-7-14(21-18-12)10-19-6-2-3-13(9-19)11-20-15-8-16-4-5-17-15/h4-5,7-8,13H,2-3,6,9-11H2,1H3. The van der Waals surface area contributed by atoms with E-state index in [4.69, 9.17) is 9.26 Å². The van der Waals surface area contributed by atoms with Gasteiger partial charge in [-0.1, -0.05) is 5.16 Å². The number of nitrogens with zero attached hydrogens (tertiary/aromatic N) is 4. The molecule has 1 fully saturated rings. The third-order valence-corrected chi connectivity index (χ3v) is 3.67. The fourth-order valence-electron chi connectivity index (χ4n) is 2.71. The van der Waals surface area contributed by atoms with Crippen LogP contribution in [0.2, 0.25) is 0 Å². The van der Waals surface area contributed by atoms with Crippen LogP contribution in [0.1, 0.15) is 24.3 Å². The molecule has 21 heavy (non-hydrogen) atoms. The molecular formula is C15H20N4O2. The van der Waals surface area contributed by atoms with Crippen LogP contribution in [0.5, 0.6) is 5.88 Å². The second kappa shape index (κ2) is 6.67. The van der Waals surface area contributed by atoms with Crippen molar-refractivity contribution in [2.24, 2.45) is 5.92 Å². The topological polar surface area (TPSA) is 64.3 Å². The van der Waals surface area contributed by atoms with Crippen molar-refractivity contribution in [2.75, 3.05) is 19.7 Å². The smallest absolute Gasteiger partial charge is 0.232 e. The molecule has 1 aliphatic heterocycles. The predicted octanol–water partition coefficient (Wildman–Crippen LogP) is 2.06. The first-order chi connectivity index (χ1) is 10.3. The van der Waals surface area contributed by atoms with Gasteiger partial charge >= 0.3 is 0 Å². The van der Waals surface area contributed by atoms with Gasteiger partial charge in [-0.3, -0.25) is 9.88 Å². The summed E-state index contributed by atoms with van der Waals surface area (Å²) in [6, 6.07) is 2.00. The normalized spacial score (nSPS) is 19.6. The Morgan fingerprint density at radius 2 is 2.38 bits per heavy atom. The number of hydrogen-bond donors (Lipinski definition) is 0. The van der Waals surface area contributed by atoms with E-state index in [1.54, 1.807) is 18.6 Å². The van der Waals surface area contributed by atoms with Gasteiger partial charge in [0.05, 0.1) is 25.0 Å². The van der Waals surface area contributed by atoms with Crippen LogP contribution in [0.3, 0.4) is 0 Å². The molecule has 0 radical (unpaired) electrons. The lowest BCUT2D eigenvalue weighted by Crippen LogP contribution is -2.37. The van der Waals surface area contributed by atoms with Gasteiger partial charge in [-0.25, -0.2) is 4.98 Å². The molecule has 112 valence electrons. The number of ether oxygens (including phenoxy) is 1. The van der Waals surface area contributed by atoms with Crippen molar-refractivity contribution in [3.05, 3.63) is 36.1 Å². The Morgan fingerprint density at radius 1 is 1.43 bits per heavy atom. The summed E-state index contributed by atoms with van der Waals surface area (Å²) < 4.78 is 11.0. The number of likely N-dealkylation sites (tertiary alicyclic amines) is 1. The average molecular weight is 288 g/mol. The molecule has 1 aliphatic rings. The van der Waals surface area contributed by atoms with Crippen LogP contribution in [-0.4, -0.2) is 39.7 Å². The zero-order chi connectivity index (χ0) is 14.5. The quantitative estimate of drug-likeness (QED) is 0.839. The van der Waals surface area contributed by atoms with E-state index in [1.165, 1.54) is 12.8 Å². The van der Waals surface area contributed by atoms with Gasteiger partial charge < -0.3 is 9.26 Å². The molecular weight excluding hydrogens is 268 g/mol. The van der Waals surface area contributed by atoms with E-state index >= 15 is 0 Å². The Kier molecular flexibility index (Phi) is 4.45. The molecule has 0 N–H and O–H groups in total. The summed E-state index contributed by atoms with van der Waals surface area (Å²) in [4.78, 5) is 10.5. The summed E-state index contributed by atoms with van der Waals surface area (Å²) in [6.07, 6.45) is 7.31. The van der Waals surface area contributed by atoms with E-state index in [0.717, 1.165) is 31.1 Å². The molecule has 3 heterocycles. The highest BCUT2D eigenvalue weighted by Crippen LogP contribution is 2.19. The third kappa shape index (κ3) is 4.01. The van der Waals surface area contributed by atoms with Crippen molar-refractivity contribution in [3.63, 3.8) is 0 Å². The second-order valence-corrected chi connectivity index (χ2v) is 5.53. The fraction of sp³-hybridized carbons (Fsp3) is 0.533. The Bertz CT molecular complexity index is 558. The van der Waals surface area contributed by atoms with Gasteiger partial charge in [0.15, 0.2) is 5.76 Å². The van der Waals surface area contributed by atoms with Crippen molar-refractivity contribution < 1.29 is 9.26 Å². The molecule has 6 nitrogen and oxygen atoms in total. The molecule has 3 rings (SSSR count). The molecule has 1 atom stereocenters. The number of aromatic nitrogens is 3. The summed E-state index contributed by atoms with van der Waals surface area (Å²) in [5.74, 6) is 2.05. The van der Waals surface area contributed by atoms with Crippen molar-refractivity contribution in [1.29, 1.82) is 0 Å². The van der Waals surface area contributed by atoms with Crippen molar-refractivity contribution in [2.45, 2.75) is 26.3 Å². The monoisotopic (exact) mass is 288 g/mol. The highest BCUT2D eigenvalue weighted by atomic mass is 16.5. The molecule has 1 unspecified atom stereocenters. The lowest BCUT2D eigenvalue weighted by Gasteiger charge is -2.31. The Hall–Kier alpha value is -1.95. The van der Waals surface area contributed by atoms with Gasteiger partial charge in [0.25, 0.3) is 0 Å². The van der Waals surface area contributed by atoms with Gasteiger partial charge in [0, 0.05) is 30.9 Å². The Balaban J connectivity index is 1.49. The molecule has 2 aromatic heterocycles. The third-order valence-electron chi connectivity index (χ3n) is 3.67. The summed E-state index contributed by atoms with van der Waals surface area (Å²) in [7, 11) is 0. The molecule has 0 amide bonds. The van der Waals surface area contributed by atoms with Crippen LogP contribution in [0, 0.1) is 12.8 Å². The predicted molar refractivity (Wildman–Crippen MR) is 76.8 cm³/mol. The maximum Gasteiger partial charge on any atom is 0.232 e. The van der Waals surface area contributed by atoms with E-state index in [2.05, 4.69) is 20.0 Å². The van der Waals surface area contributed by atoms with E-state index in [1.807, 2.05) is 13.0 Å². The first-order valence-electron chi connectivity index (χ1n) is 7.33. The molecule has 0 saturated carbocycles. The summed E-state index contributed by atoms with van der Waals surface area (Å²) >= 11 is 0. The molecule has 0 aromatic carbocycles. The molecule has 1 saturated heterocycles. The fourth-order valence-corrected chi connectivity index (χ4v) is 2.71. The Labute approximate surface area is 124 Å². The molecule has 0 spiro atoms. The highest BCUT2D eigenvalue weighted by Gasteiger charge is 2.21. The van der Waals surface area contributed by atoms with E-state index in [0.29, 0.717) is 18.4 Å². The van der Waals surface area contributed by atoms with Crippen LogP contribution in [-0.2, 0) is 6.54 Å². The first kappa shape index (κ1) is 14.0. The van der Waals surface area contributed by atoms with Crippen LogP contribution in [0.25, 0.3) is 0 Å². The number of rotatable bonds is 5. The summed E-state index contributed by atoms with van der Waals surface area (Å²) in [5, 5.41) is 3.94. The molecule has 6 heteroatoms. The van der Waals surface area contributed by atoms with Crippen LogP contribution < -0.4 is 4.74 Å². The molecule has 0 bridgehead atoms. The van der Waals surface area contributed by atoms with Gasteiger partial charge in [0.1, 0.15) is 0 Å². The minimum absolute atomic E-state index is 0.518. The SMILES string of the molecule is Cc1cc(CN2CCCC(COc3cnccn3)C2)on1. The Morgan fingerprint density at radius 3 is 3.14 bits per heavy atom. The maximum atomic E-state index is 5.71. The zero-order valence-corrected chi connectivity index (χ0v) is 12.2. The van der Waals surface area contributed by atoms with Crippen molar-refractivity contribution in [3.8, 4) is 5.88 Å². The van der Waals surface area contributed by atoms with Gasteiger partial charge in [-0.05, 0) is 26.3 Å². The zero-order valence-electron chi connectivity index (χ0n) is 12.2. The van der Waals surface area contributed by atoms with Crippen LogP contribution >= 0.6 is 0 Å². The van der Waals surface area contributed by atoms with E-state index < -0.39 is 0 Å². The maximum absolute atomic E-state index is 5.71. The molecule has 0 aliphatic carbocycles. The summed E-state index contributed by atoms with van der Waals surface area (Å²) in [5.41, 5.74) is 0.935. The van der Waals surface area contributed by atoms with Gasteiger partial charge in [-0.15, -0.1) is 0 Å².